The third-order valence-electron chi connectivity index (χ3n) is 6.95. The van der Waals surface area contributed by atoms with Gasteiger partial charge >= 0.3 is 5.97 Å². The van der Waals surface area contributed by atoms with Gasteiger partial charge in [-0.15, -0.1) is 0 Å². The number of benzene rings is 1. The molecule has 1 aromatic carbocycles. The van der Waals surface area contributed by atoms with E-state index in [1.54, 1.807) is 6.92 Å². The number of hydrogen-bond donors (Lipinski definition) is 1. The molecular formula is C29H43N3O3. The molecule has 0 bridgehead atoms. The Labute approximate surface area is 211 Å². The first kappa shape index (κ1) is 27.0. The minimum absolute atomic E-state index is 0.00826. The first-order chi connectivity index (χ1) is 16.6. The number of nitrogens with one attached hydrogen (secondary N) is 1. The van der Waals surface area contributed by atoms with Crippen molar-refractivity contribution in [2.24, 2.45) is 5.92 Å². The SMILES string of the molecule is CCC[C@@H](C(C)NC(C)=O)[C@H](Cc1ccccc1)N1CC(n2cccc2)CC1C(=O)OC(C)(C)C. The zero-order valence-corrected chi connectivity index (χ0v) is 22.2. The molecule has 0 spiro atoms. The Balaban J connectivity index is 2.01. The summed E-state index contributed by atoms with van der Waals surface area (Å²) in [6, 6.07) is 14.5. The van der Waals surface area contributed by atoms with E-state index in [0.717, 1.165) is 25.8 Å². The number of carbonyl (C=O) groups excluding carboxylic acids is 2. The minimum atomic E-state index is -0.546. The summed E-state index contributed by atoms with van der Waals surface area (Å²) >= 11 is 0. The fraction of sp³-hybridized carbons (Fsp3) is 0.586. The fourth-order valence-electron chi connectivity index (χ4n) is 5.52. The summed E-state index contributed by atoms with van der Waals surface area (Å²) in [5.41, 5.74) is 0.691. The topological polar surface area (TPSA) is 63.6 Å². The highest BCUT2D eigenvalue weighted by Crippen LogP contribution is 2.36. The van der Waals surface area contributed by atoms with Crippen LogP contribution in [0.3, 0.4) is 0 Å². The van der Waals surface area contributed by atoms with Crippen molar-refractivity contribution in [3.8, 4) is 0 Å². The van der Waals surface area contributed by atoms with Crippen LogP contribution < -0.4 is 5.32 Å². The summed E-state index contributed by atoms with van der Waals surface area (Å²) in [4.78, 5) is 27.9. The molecule has 1 aromatic heterocycles. The lowest BCUT2D eigenvalue weighted by atomic mass is 9.83. The van der Waals surface area contributed by atoms with Crippen LogP contribution in [-0.2, 0) is 20.7 Å². The first-order valence-electron chi connectivity index (χ1n) is 13.0. The second kappa shape index (κ2) is 11.9. The van der Waals surface area contributed by atoms with Crippen LogP contribution in [0.4, 0.5) is 0 Å². The number of amides is 1. The molecule has 0 aliphatic carbocycles. The number of aromatic nitrogens is 1. The van der Waals surface area contributed by atoms with Gasteiger partial charge in [0.05, 0.1) is 0 Å². The molecule has 1 amide bonds. The van der Waals surface area contributed by atoms with Crippen molar-refractivity contribution < 1.29 is 14.3 Å². The third kappa shape index (κ3) is 7.44. The second-order valence-corrected chi connectivity index (χ2v) is 11.0. The van der Waals surface area contributed by atoms with E-state index < -0.39 is 5.60 Å². The zero-order chi connectivity index (χ0) is 25.6. The maximum absolute atomic E-state index is 13.5. The summed E-state index contributed by atoms with van der Waals surface area (Å²) in [7, 11) is 0. The third-order valence-corrected chi connectivity index (χ3v) is 6.95. The smallest absolute Gasteiger partial charge is 0.323 e. The molecule has 0 saturated carbocycles. The number of ether oxygens (including phenoxy) is 1. The van der Waals surface area contributed by atoms with Gasteiger partial charge in [-0.3, -0.25) is 14.5 Å². The predicted octanol–water partition coefficient (Wildman–Crippen LogP) is 5.00. The molecule has 1 N–H and O–H groups in total. The van der Waals surface area contributed by atoms with Crippen molar-refractivity contribution >= 4 is 11.9 Å². The van der Waals surface area contributed by atoms with E-state index in [1.165, 1.54) is 5.56 Å². The molecule has 1 saturated heterocycles. The van der Waals surface area contributed by atoms with Crippen molar-refractivity contribution in [3.05, 3.63) is 60.4 Å². The molecule has 2 heterocycles. The van der Waals surface area contributed by atoms with Crippen LogP contribution in [0.15, 0.2) is 54.9 Å². The average molecular weight is 482 g/mol. The molecule has 0 radical (unpaired) electrons. The van der Waals surface area contributed by atoms with E-state index in [9.17, 15) is 9.59 Å². The molecule has 35 heavy (non-hydrogen) atoms. The molecule has 6 heteroatoms. The van der Waals surface area contributed by atoms with Gasteiger partial charge in [-0.1, -0.05) is 43.7 Å². The van der Waals surface area contributed by atoms with Gasteiger partial charge in [-0.25, -0.2) is 0 Å². The number of nitrogens with zero attached hydrogens (tertiary/aromatic N) is 2. The summed E-state index contributed by atoms with van der Waals surface area (Å²) < 4.78 is 8.13. The number of rotatable bonds is 10. The van der Waals surface area contributed by atoms with E-state index >= 15 is 0 Å². The van der Waals surface area contributed by atoms with Crippen LogP contribution in [0, 0.1) is 5.92 Å². The van der Waals surface area contributed by atoms with E-state index in [1.807, 2.05) is 39.0 Å². The van der Waals surface area contributed by atoms with Crippen molar-refractivity contribution in [1.82, 2.24) is 14.8 Å². The molecular weight excluding hydrogens is 438 g/mol. The molecule has 1 fully saturated rings. The van der Waals surface area contributed by atoms with Gasteiger partial charge in [0.2, 0.25) is 5.91 Å². The Morgan fingerprint density at radius 1 is 1.11 bits per heavy atom. The molecule has 192 valence electrons. The van der Waals surface area contributed by atoms with E-state index in [2.05, 4.69) is 65.3 Å². The lowest BCUT2D eigenvalue weighted by Gasteiger charge is -2.41. The highest BCUT2D eigenvalue weighted by molar-refractivity contribution is 5.77. The fourth-order valence-corrected chi connectivity index (χ4v) is 5.52. The van der Waals surface area contributed by atoms with Crippen LogP contribution in [-0.4, -0.2) is 51.6 Å². The summed E-state index contributed by atoms with van der Waals surface area (Å²) in [6.45, 7) is 12.4. The summed E-state index contributed by atoms with van der Waals surface area (Å²) in [5, 5.41) is 3.15. The Kier molecular flexibility index (Phi) is 9.17. The van der Waals surface area contributed by atoms with Gasteiger partial charge in [0.25, 0.3) is 0 Å². The molecule has 1 aliphatic rings. The van der Waals surface area contributed by atoms with Crippen molar-refractivity contribution in [2.45, 2.75) is 97.0 Å². The molecule has 1 aliphatic heterocycles. The maximum Gasteiger partial charge on any atom is 0.323 e. The van der Waals surface area contributed by atoms with Crippen LogP contribution >= 0.6 is 0 Å². The van der Waals surface area contributed by atoms with E-state index in [4.69, 9.17) is 4.74 Å². The van der Waals surface area contributed by atoms with Crippen LogP contribution in [0.2, 0.25) is 0 Å². The van der Waals surface area contributed by atoms with Gasteiger partial charge in [-0.05, 0) is 70.6 Å². The van der Waals surface area contributed by atoms with Gasteiger partial charge in [0, 0.05) is 44.0 Å². The lowest BCUT2D eigenvalue weighted by molar-refractivity contribution is -0.161. The van der Waals surface area contributed by atoms with E-state index in [0.29, 0.717) is 6.42 Å². The largest absolute Gasteiger partial charge is 0.459 e. The van der Waals surface area contributed by atoms with Crippen LogP contribution in [0.5, 0.6) is 0 Å². The highest BCUT2D eigenvalue weighted by atomic mass is 16.6. The maximum atomic E-state index is 13.5. The molecule has 3 unspecified atom stereocenters. The molecule has 2 aromatic rings. The van der Waals surface area contributed by atoms with Gasteiger partial charge in [-0.2, -0.15) is 0 Å². The van der Waals surface area contributed by atoms with Crippen molar-refractivity contribution in [1.29, 1.82) is 0 Å². The standard InChI is InChI=1S/C29H43N3O3/c1-7-13-25(21(2)30-22(3)33)26(18-23-14-9-8-10-15-23)32-20-24(31-16-11-12-17-31)19-27(32)28(34)35-29(4,5)6/h8-12,14-17,21,24-27H,7,13,18-20H2,1-6H3,(H,30,33)/t21?,24?,25-,26-,27?/m0/s1. The van der Waals surface area contributed by atoms with Gasteiger partial charge in [0.1, 0.15) is 11.6 Å². The zero-order valence-electron chi connectivity index (χ0n) is 22.2. The Morgan fingerprint density at radius 3 is 2.34 bits per heavy atom. The Bertz CT molecular complexity index is 936. The number of hydrogen-bond acceptors (Lipinski definition) is 4. The number of carbonyl (C=O) groups is 2. The van der Waals surface area contributed by atoms with Crippen LogP contribution in [0.25, 0.3) is 0 Å². The first-order valence-corrected chi connectivity index (χ1v) is 13.0. The molecule has 5 atom stereocenters. The quantitative estimate of drug-likeness (QED) is 0.485. The van der Waals surface area contributed by atoms with Gasteiger partial charge in [0.15, 0.2) is 0 Å². The number of likely N-dealkylation sites (tertiary alicyclic amines) is 1. The van der Waals surface area contributed by atoms with E-state index in [-0.39, 0.29) is 42.0 Å². The van der Waals surface area contributed by atoms with Crippen molar-refractivity contribution in [2.75, 3.05) is 6.54 Å². The number of esters is 1. The normalized spacial score (nSPS) is 21.3. The Morgan fingerprint density at radius 2 is 1.77 bits per heavy atom. The molecule has 3 rings (SSSR count). The second-order valence-electron chi connectivity index (χ2n) is 11.0. The van der Waals surface area contributed by atoms with Gasteiger partial charge < -0.3 is 14.6 Å². The molecule has 6 nitrogen and oxygen atoms in total. The Hall–Kier alpha value is -2.60. The van der Waals surface area contributed by atoms with Crippen LogP contribution in [0.1, 0.15) is 72.4 Å². The van der Waals surface area contributed by atoms with Crippen molar-refractivity contribution in [3.63, 3.8) is 0 Å². The average Bonchev–Trinajstić information content (AvgIpc) is 3.45. The highest BCUT2D eigenvalue weighted by Gasteiger charge is 2.45. The predicted molar refractivity (Wildman–Crippen MR) is 140 cm³/mol. The lowest BCUT2D eigenvalue weighted by Crippen LogP contribution is -2.54. The summed E-state index contributed by atoms with van der Waals surface area (Å²) in [5.74, 6) is 0.0116. The monoisotopic (exact) mass is 481 g/mol. The minimum Gasteiger partial charge on any atom is -0.459 e. The summed E-state index contributed by atoms with van der Waals surface area (Å²) in [6.07, 6.45) is 7.65.